The van der Waals surface area contributed by atoms with E-state index < -0.39 is 0 Å². The van der Waals surface area contributed by atoms with E-state index in [1.807, 2.05) is 6.07 Å². The van der Waals surface area contributed by atoms with Crippen LogP contribution >= 0.6 is 24.6 Å². The third-order valence-corrected chi connectivity index (χ3v) is 4.33. The first-order valence-corrected chi connectivity index (χ1v) is 7.86. The number of thiocarbonyl (C=S) groups is 1. The zero-order valence-electron chi connectivity index (χ0n) is 12.4. The number of aliphatic hydroxyl groups excluding tert-OH is 1. The van der Waals surface area contributed by atoms with Crippen molar-refractivity contribution in [1.82, 2.24) is 15.5 Å². The Kier molecular flexibility index (Phi) is 6.20. The summed E-state index contributed by atoms with van der Waals surface area (Å²) in [6.07, 6.45) is 1.82. The second-order valence-corrected chi connectivity index (χ2v) is 5.96. The lowest BCUT2D eigenvalue weighted by atomic mass is 9.92. The van der Waals surface area contributed by atoms with Crippen LogP contribution in [0.1, 0.15) is 24.4 Å². The molecule has 0 saturated heterocycles. The standard InChI is InChI=1S/C16H21N3OS.ClH/c20-10-4-8-19-9-7-14-13(11-19)15(18-16(21)17-14)12-5-2-1-3-6-12;/h1-3,5-6,15,20H,4,7-11H2,(H2,17,18,21);1H. The van der Waals surface area contributed by atoms with Crippen molar-refractivity contribution in [2.75, 3.05) is 26.2 Å². The zero-order valence-corrected chi connectivity index (χ0v) is 14.1. The minimum absolute atomic E-state index is 0. The second-order valence-electron chi connectivity index (χ2n) is 5.55. The minimum atomic E-state index is 0. The summed E-state index contributed by atoms with van der Waals surface area (Å²) in [4.78, 5) is 2.41. The van der Waals surface area contributed by atoms with Gasteiger partial charge in [0.15, 0.2) is 5.11 Å². The Morgan fingerprint density at radius 1 is 1.27 bits per heavy atom. The normalized spacial score (nSPS) is 21.5. The molecule has 0 aromatic heterocycles. The average molecular weight is 340 g/mol. The van der Waals surface area contributed by atoms with Crippen molar-refractivity contribution in [2.45, 2.75) is 18.9 Å². The molecule has 0 radical (unpaired) electrons. The van der Waals surface area contributed by atoms with Crippen LogP contribution in [0.2, 0.25) is 0 Å². The Bertz CT molecular complexity index is 550. The molecule has 22 heavy (non-hydrogen) atoms. The summed E-state index contributed by atoms with van der Waals surface area (Å²) < 4.78 is 0. The van der Waals surface area contributed by atoms with Gasteiger partial charge in [0.2, 0.25) is 0 Å². The molecule has 2 heterocycles. The first-order chi connectivity index (χ1) is 10.3. The summed E-state index contributed by atoms with van der Waals surface area (Å²) in [5.41, 5.74) is 3.89. The molecule has 0 amide bonds. The second kappa shape index (κ2) is 7.92. The number of hydrogen-bond acceptors (Lipinski definition) is 3. The summed E-state index contributed by atoms with van der Waals surface area (Å²) >= 11 is 5.35. The fourth-order valence-electron chi connectivity index (χ4n) is 3.06. The van der Waals surface area contributed by atoms with Crippen molar-refractivity contribution in [3.63, 3.8) is 0 Å². The van der Waals surface area contributed by atoms with Gasteiger partial charge in [0.05, 0.1) is 6.04 Å². The molecule has 120 valence electrons. The zero-order chi connectivity index (χ0) is 14.7. The van der Waals surface area contributed by atoms with Gasteiger partial charge in [-0.25, -0.2) is 0 Å². The SMILES string of the molecule is Cl.OCCCN1CCC2=C(C1)C(c1ccccc1)NC(=S)N2. The van der Waals surface area contributed by atoms with Crippen LogP contribution in [0.4, 0.5) is 0 Å². The van der Waals surface area contributed by atoms with Gasteiger partial charge in [-0.1, -0.05) is 30.3 Å². The number of rotatable bonds is 4. The first-order valence-electron chi connectivity index (χ1n) is 7.45. The molecule has 4 nitrogen and oxygen atoms in total. The molecule has 3 rings (SSSR count). The van der Waals surface area contributed by atoms with Gasteiger partial charge in [-0.2, -0.15) is 0 Å². The lowest BCUT2D eigenvalue weighted by molar-refractivity contribution is 0.224. The molecule has 3 N–H and O–H groups in total. The van der Waals surface area contributed by atoms with E-state index in [9.17, 15) is 0 Å². The van der Waals surface area contributed by atoms with Crippen molar-refractivity contribution in [1.29, 1.82) is 0 Å². The monoisotopic (exact) mass is 339 g/mol. The van der Waals surface area contributed by atoms with Crippen LogP contribution in [0.25, 0.3) is 0 Å². The Morgan fingerprint density at radius 2 is 2.05 bits per heavy atom. The van der Waals surface area contributed by atoms with Gasteiger partial charge in [0, 0.05) is 38.4 Å². The van der Waals surface area contributed by atoms with Gasteiger partial charge in [0.25, 0.3) is 0 Å². The molecule has 1 atom stereocenters. The molecule has 0 aliphatic carbocycles. The number of nitrogens with one attached hydrogen (secondary N) is 2. The van der Waals surface area contributed by atoms with Crippen LogP contribution in [0.5, 0.6) is 0 Å². The predicted molar refractivity (Wildman–Crippen MR) is 95.1 cm³/mol. The van der Waals surface area contributed by atoms with Crippen molar-refractivity contribution >= 4 is 29.7 Å². The summed E-state index contributed by atoms with van der Waals surface area (Å²) in [7, 11) is 0. The highest BCUT2D eigenvalue weighted by molar-refractivity contribution is 7.80. The lowest BCUT2D eigenvalue weighted by Gasteiger charge is -2.39. The molecule has 6 heteroatoms. The highest BCUT2D eigenvalue weighted by atomic mass is 35.5. The Balaban J connectivity index is 0.00000176. The summed E-state index contributed by atoms with van der Waals surface area (Å²) in [6.45, 7) is 3.15. The number of halogens is 1. The maximum absolute atomic E-state index is 9.01. The summed E-state index contributed by atoms with van der Waals surface area (Å²) in [5.74, 6) is 0. The highest BCUT2D eigenvalue weighted by Crippen LogP contribution is 2.31. The molecule has 1 unspecified atom stereocenters. The average Bonchev–Trinajstić information content (AvgIpc) is 2.53. The van der Waals surface area contributed by atoms with Gasteiger partial charge in [-0.3, -0.25) is 4.90 Å². The molecular formula is C16H22ClN3OS. The van der Waals surface area contributed by atoms with E-state index >= 15 is 0 Å². The molecule has 0 fully saturated rings. The summed E-state index contributed by atoms with van der Waals surface area (Å²) in [6, 6.07) is 10.6. The van der Waals surface area contributed by atoms with E-state index in [4.69, 9.17) is 17.3 Å². The van der Waals surface area contributed by atoms with Crippen molar-refractivity contribution < 1.29 is 5.11 Å². The topological polar surface area (TPSA) is 47.5 Å². The van der Waals surface area contributed by atoms with Crippen molar-refractivity contribution in [3.05, 3.63) is 47.2 Å². The molecular weight excluding hydrogens is 318 g/mol. The van der Waals surface area contributed by atoms with Gasteiger partial charge in [-0.05, 0) is 29.8 Å². The van der Waals surface area contributed by atoms with Crippen LogP contribution < -0.4 is 10.6 Å². The fraction of sp³-hybridized carbons (Fsp3) is 0.438. The van der Waals surface area contributed by atoms with E-state index in [0.29, 0.717) is 5.11 Å². The first kappa shape index (κ1) is 17.2. The smallest absolute Gasteiger partial charge is 0.171 e. The van der Waals surface area contributed by atoms with E-state index in [1.54, 1.807) is 0 Å². The van der Waals surface area contributed by atoms with Gasteiger partial charge in [0.1, 0.15) is 0 Å². The van der Waals surface area contributed by atoms with Crippen LogP contribution in [0.15, 0.2) is 41.6 Å². The molecule has 0 spiro atoms. The third kappa shape index (κ3) is 3.79. The maximum Gasteiger partial charge on any atom is 0.171 e. The van der Waals surface area contributed by atoms with E-state index in [1.165, 1.54) is 16.8 Å². The fourth-order valence-corrected chi connectivity index (χ4v) is 3.30. The van der Waals surface area contributed by atoms with Gasteiger partial charge in [-0.15, -0.1) is 12.4 Å². The quantitative estimate of drug-likeness (QED) is 0.732. The predicted octanol–water partition coefficient (Wildman–Crippen LogP) is 1.97. The van der Waals surface area contributed by atoms with Crippen molar-refractivity contribution in [3.8, 4) is 0 Å². The Morgan fingerprint density at radius 3 is 2.77 bits per heavy atom. The van der Waals surface area contributed by atoms with Crippen LogP contribution in [0, 0.1) is 0 Å². The summed E-state index contributed by atoms with van der Waals surface area (Å²) in [5, 5.41) is 16.4. The Labute approximate surface area is 143 Å². The molecule has 0 bridgehead atoms. The van der Waals surface area contributed by atoms with Crippen molar-refractivity contribution in [2.24, 2.45) is 0 Å². The number of benzene rings is 1. The third-order valence-electron chi connectivity index (χ3n) is 4.11. The van der Waals surface area contributed by atoms with E-state index in [0.717, 1.165) is 32.5 Å². The minimum Gasteiger partial charge on any atom is -0.396 e. The van der Waals surface area contributed by atoms with Gasteiger partial charge >= 0.3 is 0 Å². The molecule has 2 aliphatic heterocycles. The largest absolute Gasteiger partial charge is 0.396 e. The van der Waals surface area contributed by atoms with E-state index in [2.05, 4.69) is 39.8 Å². The molecule has 1 aromatic carbocycles. The maximum atomic E-state index is 9.01. The highest BCUT2D eigenvalue weighted by Gasteiger charge is 2.30. The van der Waals surface area contributed by atoms with Crippen LogP contribution in [0.3, 0.4) is 0 Å². The number of nitrogens with zero attached hydrogens (tertiary/aromatic N) is 1. The molecule has 1 aromatic rings. The lowest BCUT2D eigenvalue weighted by Crippen LogP contribution is -2.49. The number of aliphatic hydroxyl groups is 1. The van der Waals surface area contributed by atoms with E-state index in [-0.39, 0.29) is 25.1 Å². The number of hydrogen-bond donors (Lipinski definition) is 3. The molecule has 2 aliphatic rings. The van der Waals surface area contributed by atoms with Crippen LogP contribution in [-0.4, -0.2) is 41.4 Å². The Hall–Kier alpha value is -1.14. The molecule has 0 saturated carbocycles. The van der Waals surface area contributed by atoms with Gasteiger partial charge < -0.3 is 15.7 Å². The van der Waals surface area contributed by atoms with Crippen LogP contribution in [-0.2, 0) is 0 Å².